The maximum atomic E-state index is 12.0. The third-order valence-corrected chi connectivity index (χ3v) is 3.83. The Morgan fingerprint density at radius 2 is 1.89 bits per heavy atom. The lowest BCUT2D eigenvalue weighted by Crippen LogP contribution is -2.53. The summed E-state index contributed by atoms with van der Waals surface area (Å²) >= 11 is 0. The van der Waals surface area contributed by atoms with Crippen LogP contribution in [0.3, 0.4) is 0 Å². The predicted octanol–water partition coefficient (Wildman–Crippen LogP) is 0.729. The number of carbonyl (C=O) groups is 2. The molecular formula is C13H23N3O3. The third kappa shape index (κ3) is 4.38. The molecule has 2 aliphatic rings. The van der Waals surface area contributed by atoms with Gasteiger partial charge in [0, 0.05) is 44.7 Å². The Kier molecular flexibility index (Phi) is 4.63. The molecule has 0 bridgehead atoms. The third-order valence-electron chi connectivity index (χ3n) is 3.83. The summed E-state index contributed by atoms with van der Waals surface area (Å²) in [4.78, 5) is 26.7. The van der Waals surface area contributed by atoms with Gasteiger partial charge in [0.15, 0.2) is 0 Å². The molecule has 0 aromatic heterocycles. The van der Waals surface area contributed by atoms with Crippen LogP contribution in [0.5, 0.6) is 0 Å². The van der Waals surface area contributed by atoms with Crippen molar-refractivity contribution in [1.29, 1.82) is 0 Å². The second-order valence-corrected chi connectivity index (χ2v) is 5.54. The van der Waals surface area contributed by atoms with Crippen molar-refractivity contribution >= 4 is 12.0 Å². The van der Waals surface area contributed by atoms with Crippen LogP contribution >= 0.6 is 0 Å². The number of amides is 2. The molecule has 19 heavy (non-hydrogen) atoms. The van der Waals surface area contributed by atoms with Crippen molar-refractivity contribution in [2.75, 3.05) is 26.2 Å². The van der Waals surface area contributed by atoms with Crippen LogP contribution in [-0.2, 0) is 4.79 Å². The van der Waals surface area contributed by atoms with Crippen molar-refractivity contribution in [1.82, 2.24) is 15.1 Å². The Hall–Kier alpha value is -1.30. The highest BCUT2D eigenvalue weighted by molar-refractivity contribution is 5.74. The molecule has 6 heteroatoms. The number of nitrogens with zero attached hydrogens (tertiary/aromatic N) is 2. The molecule has 2 amide bonds. The second kappa shape index (κ2) is 6.23. The minimum Gasteiger partial charge on any atom is -0.481 e. The SMILES string of the molecule is CC(CCC(=O)O)NC(=O)N1CCN(C2CC2)CC1. The fourth-order valence-electron chi connectivity index (χ4n) is 2.44. The van der Waals surface area contributed by atoms with E-state index in [1.807, 2.05) is 11.8 Å². The maximum absolute atomic E-state index is 12.0. The summed E-state index contributed by atoms with van der Waals surface area (Å²) in [6, 6.07) is 0.609. The van der Waals surface area contributed by atoms with Gasteiger partial charge in [0.05, 0.1) is 0 Å². The standard InChI is InChI=1S/C13H23N3O3/c1-10(2-5-12(17)18)14-13(19)16-8-6-15(7-9-16)11-3-4-11/h10-11H,2-9H2,1H3,(H,14,19)(H,17,18). The van der Waals surface area contributed by atoms with Gasteiger partial charge >= 0.3 is 12.0 Å². The lowest BCUT2D eigenvalue weighted by molar-refractivity contribution is -0.137. The summed E-state index contributed by atoms with van der Waals surface area (Å²) in [7, 11) is 0. The van der Waals surface area contributed by atoms with E-state index in [2.05, 4.69) is 10.2 Å². The van der Waals surface area contributed by atoms with Crippen molar-refractivity contribution in [3.05, 3.63) is 0 Å². The first-order valence-corrected chi connectivity index (χ1v) is 7.07. The van der Waals surface area contributed by atoms with Crippen LogP contribution < -0.4 is 5.32 Å². The van der Waals surface area contributed by atoms with Crippen LogP contribution in [0.25, 0.3) is 0 Å². The summed E-state index contributed by atoms with van der Waals surface area (Å²) in [6.07, 6.45) is 3.18. The number of urea groups is 1. The van der Waals surface area contributed by atoms with Gasteiger partial charge in [0.2, 0.25) is 0 Å². The van der Waals surface area contributed by atoms with E-state index in [0.717, 1.165) is 32.2 Å². The van der Waals surface area contributed by atoms with Gasteiger partial charge in [-0.25, -0.2) is 4.79 Å². The minimum atomic E-state index is -0.820. The lowest BCUT2D eigenvalue weighted by atomic mass is 10.2. The van der Waals surface area contributed by atoms with Crippen molar-refractivity contribution in [3.63, 3.8) is 0 Å². The molecule has 0 radical (unpaired) electrons. The molecule has 2 fully saturated rings. The van der Waals surface area contributed by atoms with Crippen molar-refractivity contribution in [2.45, 2.75) is 44.7 Å². The summed E-state index contributed by atoms with van der Waals surface area (Å²) < 4.78 is 0. The zero-order chi connectivity index (χ0) is 13.8. The molecule has 1 saturated carbocycles. The highest BCUT2D eigenvalue weighted by Crippen LogP contribution is 2.27. The molecule has 6 nitrogen and oxygen atoms in total. The van der Waals surface area contributed by atoms with E-state index in [9.17, 15) is 9.59 Å². The van der Waals surface area contributed by atoms with E-state index < -0.39 is 5.97 Å². The Balaban J connectivity index is 1.67. The molecule has 0 spiro atoms. The van der Waals surface area contributed by atoms with Gasteiger partial charge in [0.25, 0.3) is 0 Å². The highest BCUT2D eigenvalue weighted by Gasteiger charge is 2.32. The summed E-state index contributed by atoms with van der Waals surface area (Å²) in [5.74, 6) is -0.820. The van der Waals surface area contributed by atoms with Crippen LogP contribution in [0.4, 0.5) is 4.79 Å². The first kappa shape index (κ1) is 14.1. The zero-order valence-corrected chi connectivity index (χ0v) is 11.5. The number of rotatable bonds is 5. The molecule has 1 unspecified atom stereocenters. The number of hydrogen-bond donors (Lipinski definition) is 2. The van der Waals surface area contributed by atoms with Gasteiger partial charge in [-0.3, -0.25) is 9.69 Å². The number of carboxylic acids is 1. The van der Waals surface area contributed by atoms with Gasteiger partial charge in [0.1, 0.15) is 0 Å². The maximum Gasteiger partial charge on any atom is 0.317 e. The number of piperazine rings is 1. The van der Waals surface area contributed by atoms with E-state index in [-0.39, 0.29) is 18.5 Å². The van der Waals surface area contributed by atoms with Crippen LogP contribution in [0.15, 0.2) is 0 Å². The number of nitrogens with one attached hydrogen (secondary N) is 1. The fourth-order valence-corrected chi connectivity index (χ4v) is 2.44. The van der Waals surface area contributed by atoms with Crippen LogP contribution in [0, 0.1) is 0 Å². The average molecular weight is 269 g/mol. The Morgan fingerprint density at radius 1 is 1.26 bits per heavy atom. The zero-order valence-electron chi connectivity index (χ0n) is 11.5. The molecule has 2 N–H and O–H groups in total. The van der Waals surface area contributed by atoms with Gasteiger partial charge in [-0.05, 0) is 26.2 Å². The molecule has 1 heterocycles. The van der Waals surface area contributed by atoms with Crippen molar-refractivity contribution < 1.29 is 14.7 Å². The minimum absolute atomic E-state index is 0.0617. The lowest BCUT2D eigenvalue weighted by Gasteiger charge is -2.35. The molecule has 1 aliphatic carbocycles. The van der Waals surface area contributed by atoms with Crippen molar-refractivity contribution in [3.8, 4) is 0 Å². The van der Waals surface area contributed by atoms with Crippen molar-refractivity contribution in [2.24, 2.45) is 0 Å². The molecule has 1 saturated heterocycles. The topological polar surface area (TPSA) is 72.9 Å². The van der Waals surface area contributed by atoms with E-state index in [1.165, 1.54) is 12.8 Å². The number of carbonyl (C=O) groups excluding carboxylic acids is 1. The first-order chi connectivity index (χ1) is 9.06. The molecule has 2 rings (SSSR count). The van der Waals surface area contributed by atoms with E-state index in [4.69, 9.17) is 5.11 Å². The smallest absolute Gasteiger partial charge is 0.317 e. The second-order valence-electron chi connectivity index (χ2n) is 5.54. The number of aliphatic carboxylic acids is 1. The summed E-state index contributed by atoms with van der Waals surface area (Å²) in [6.45, 7) is 5.31. The number of carboxylic acid groups (broad SMARTS) is 1. The van der Waals surface area contributed by atoms with Gasteiger partial charge in [-0.2, -0.15) is 0 Å². The Morgan fingerprint density at radius 3 is 2.42 bits per heavy atom. The Labute approximate surface area is 113 Å². The van der Waals surface area contributed by atoms with Gasteiger partial charge < -0.3 is 15.3 Å². The van der Waals surface area contributed by atoms with Gasteiger partial charge in [-0.1, -0.05) is 0 Å². The number of hydrogen-bond acceptors (Lipinski definition) is 3. The molecule has 0 aromatic carbocycles. The molecule has 1 atom stereocenters. The summed E-state index contributed by atoms with van der Waals surface area (Å²) in [5, 5.41) is 11.5. The quantitative estimate of drug-likeness (QED) is 0.771. The van der Waals surface area contributed by atoms with E-state index >= 15 is 0 Å². The predicted molar refractivity (Wildman–Crippen MR) is 71.0 cm³/mol. The monoisotopic (exact) mass is 269 g/mol. The summed E-state index contributed by atoms with van der Waals surface area (Å²) in [5.41, 5.74) is 0. The van der Waals surface area contributed by atoms with Crippen LogP contribution in [-0.4, -0.2) is 65.2 Å². The van der Waals surface area contributed by atoms with Gasteiger partial charge in [-0.15, -0.1) is 0 Å². The fraction of sp³-hybridized carbons (Fsp3) is 0.846. The first-order valence-electron chi connectivity index (χ1n) is 7.07. The van der Waals surface area contributed by atoms with Crippen LogP contribution in [0.1, 0.15) is 32.6 Å². The van der Waals surface area contributed by atoms with E-state index in [1.54, 1.807) is 0 Å². The highest BCUT2D eigenvalue weighted by atomic mass is 16.4. The van der Waals surface area contributed by atoms with Crippen LogP contribution in [0.2, 0.25) is 0 Å². The molecule has 1 aliphatic heterocycles. The largest absolute Gasteiger partial charge is 0.481 e. The molecule has 0 aromatic rings. The molecular weight excluding hydrogens is 246 g/mol. The average Bonchev–Trinajstić information content (AvgIpc) is 3.21. The Bertz CT molecular complexity index is 336. The van der Waals surface area contributed by atoms with E-state index in [0.29, 0.717) is 6.42 Å². The molecule has 108 valence electrons. The normalized spacial score (nSPS) is 22.1.